The molecule has 0 radical (unpaired) electrons. The Hall–Kier alpha value is -3.44. The van der Waals surface area contributed by atoms with E-state index >= 15 is 0 Å². The first kappa shape index (κ1) is 19.9. The molecule has 4 nitrogen and oxygen atoms in total. The third-order valence-electron chi connectivity index (χ3n) is 4.88. The molecule has 3 aromatic carbocycles. The van der Waals surface area contributed by atoms with Gasteiger partial charge in [0.15, 0.2) is 0 Å². The number of hydrogen-bond donors (Lipinski definition) is 2. The van der Waals surface area contributed by atoms with Gasteiger partial charge in [0.05, 0.1) is 17.5 Å². The Bertz CT molecular complexity index is 1210. The number of fused-ring (bicyclic) bond motifs is 1. The van der Waals surface area contributed by atoms with Crippen LogP contribution in [0.2, 0.25) is 5.02 Å². The zero-order chi connectivity index (χ0) is 21.1. The highest BCUT2D eigenvalue weighted by molar-refractivity contribution is 6.30. The monoisotopic (exact) mass is 420 g/mol. The molecule has 1 atom stereocenters. The summed E-state index contributed by atoms with van der Waals surface area (Å²) in [4.78, 5) is 17.0. The molecule has 1 heterocycles. The zero-order valence-electron chi connectivity index (χ0n) is 15.8. The third kappa shape index (κ3) is 4.11. The van der Waals surface area contributed by atoms with Crippen LogP contribution >= 0.6 is 11.6 Å². The molecule has 6 heteroatoms. The summed E-state index contributed by atoms with van der Waals surface area (Å²) >= 11 is 5.98. The molecular weight excluding hydrogens is 403 g/mol. The highest BCUT2D eigenvalue weighted by atomic mass is 35.5. The SMILES string of the molecule is O=C(Cc1ccccc1)NC(c1ccc(F)c(Cl)c1)c1ccc2cccnc2c1O. The molecule has 30 heavy (non-hydrogen) atoms. The number of phenols is 1. The van der Waals surface area contributed by atoms with E-state index in [2.05, 4.69) is 10.3 Å². The van der Waals surface area contributed by atoms with E-state index < -0.39 is 11.9 Å². The summed E-state index contributed by atoms with van der Waals surface area (Å²) in [5.74, 6) is -0.843. The van der Waals surface area contributed by atoms with Crippen molar-refractivity contribution in [2.24, 2.45) is 0 Å². The van der Waals surface area contributed by atoms with Crippen molar-refractivity contribution in [3.8, 4) is 5.75 Å². The maximum Gasteiger partial charge on any atom is 0.225 e. The van der Waals surface area contributed by atoms with E-state index in [1.165, 1.54) is 18.2 Å². The standard InChI is InChI=1S/C24H18ClFN2O2/c25-19-14-17(9-11-20(19)26)22(28-21(29)13-15-5-2-1-3-6-15)18-10-8-16-7-4-12-27-23(16)24(18)30/h1-12,14,22,30H,13H2,(H,28,29). The number of nitrogens with zero attached hydrogens (tertiary/aromatic N) is 1. The van der Waals surface area contributed by atoms with Crippen molar-refractivity contribution in [1.29, 1.82) is 0 Å². The van der Waals surface area contributed by atoms with E-state index in [1.54, 1.807) is 18.3 Å². The normalized spacial score (nSPS) is 11.9. The van der Waals surface area contributed by atoms with Gasteiger partial charge in [-0.05, 0) is 29.3 Å². The molecule has 0 saturated heterocycles. The average molecular weight is 421 g/mol. The summed E-state index contributed by atoms with van der Waals surface area (Å²) in [7, 11) is 0. The molecule has 1 aromatic heterocycles. The van der Waals surface area contributed by atoms with Crippen LogP contribution in [0.4, 0.5) is 4.39 Å². The Morgan fingerprint density at radius 2 is 1.87 bits per heavy atom. The predicted octanol–water partition coefficient (Wildman–Crippen LogP) is 5.18. The van der Waals surface area contributed by atoms with E-state index in [9.17, 15) is 14.3 Å². The average Bonchev–Trinajstić information content (AvgIpc) is 2.76. The van der Waals surface area contributed by atoms with Crippen LogP contribution in [0, 0.1) is 5.82 Å². The van der Waals surface area contributed by atoms with E-state index in [-0.39, 0.29) is 23.1 Å². The molecule has 4 aromatic rings. The number of rotatable bonds is 5. The van der Waals surface area contributed by atoms with Crippen LogP contribution in [0.1, 0.15) is 22.7 Å². The van der Waals surface area contributed by atoms with Crippen LogP contribution in [0.3, 0.4) is 0 Å². The van der Waals surface area contributed by atoms with Crippen LogP contribution in [-0.4, -0.2) is 16.0 Å². The molecule has 4 rings (SSSR count). The Balaban J connectivity index is 1.75. The zero-order valence-corrected chi connectivity index (χ0v) is 16.6. The maximum absolute atomic E-state index is 13.7. The van der Waals surface area contributed by atoms with Gasteiger partial charge in [0, 0.05) is 17.1 Å². The highest BCUT2D eigenvalue weighted by Gasteiger charge is 2.23. The molecule has 0 aliphatic rings. The van der Waals surface area contributed by atoms with Gasteiger partial charge < -0.3 is 10.4 Å². The molecular formula is C24H18ClFN2O2. The van der Waals surface area contributed by atoms with Crippen molar-refractivity contribution in [1.82, 2.24) is 10.3 Å². The van der Waals surface area contributed by atoms with Crippen LogP contribution in [-0.2, 0) is 11.2 Å². The first-order valence-corrected chi connectivity index (χ1v) is 9.75. The fourth-order valence-electron chi connectivity index (χ4n) is 3.40. The lowest BCUT2D eigenvalue weighted by molar-refractivity contribution is -0.120. The van der Waals surface area contributed by atoms with Gasteiger partial charge in [0.1, 0.15) is 17.1 Å². The summed E-state index contributed by atoms with van der Waals surface area (Å²) in [6, 6.07) is 20.0. The summed E-state index contributed by atoms with van der Waals surface area (Å²) in [6.45, 7) is 0. The fraction of sp³-hybridized carbons (Fsp3) is 0.0833. The second-order valence-electron chi connectivity index (χ2n) is 6.91. The smallest absolute Gasteiger partial charge is 0.225 e. The summed E-state index contributed by atoms with van der Waals surface area (Å²) < 4.78 is 13.7. The maximum atomic E-state index is 13.7. The number of pyridine rings is 1. The number of nitrogens with one attached hydrogen (secondary N) is 1. The van der Waals surface area contributed by atoms with Gasteiger partial charge in [-0.15, -0.1) is 0 Å². The molecule has 1 amide bonds. The van der Waals surface area contributed by atoms with Crippen molar-refractivity contribution >= 4 is 28.4 Å². The molecule has 0 aliphatic carbocycles. The third-order valence-corrected chi connectivity index (χ3v) is 5.17. The Morgan fingerprint density at radius 3 is 2.63 bits per heavy atom. The van der Waals surface area contributed by atoms with Crippen molar-refractivity contribution < 1.29 is 14.3 Å². The Kier molecular flexibility index (Phi) is 5.63. The summed E-state index contributed by atoms with van der Waals surface area (Å²) in [6.07, 6.45) is 1.75. The molecule has 150 valence electrons. The van der Waals surface area contributed by atoms with Crippen LogP contribution in [0.25, 0.3) is 10.9 Å². The topological polar surface area (TPSA) is 62.2 Å². The number of amides is 1. The fourth-order valence-corrected chi connectivity index (χ4v) is 3.59. The van der Waals surface area contributed by atoms with Crippen molar-refractivity contribution in [3.05, 3.63) is 107 Å². The van der Waals surface area contributed by atoms with Crippen LogP contribution in [0.5, 0.6) is 5.75 Å². The molecule has 0 saturated carbocycles. The first-order valence-electron chi connectivity index (χ1n) is 9.38. The Morgan fingerprint density at radius 1 is 1.07 bits per heavy atom. The van der Waals surface area contributed by atoms with Crippen molar-refractivity contribution in [3.63, 3.8) is 0 Å². The number of aromatic hydroxyl groups is 1. The lowest BCUT2D eigenvalue weighted by Gasteiger charge is -2.22. The largest absolute Gasteiger partial charge is 0.505 e. The van der Waals surface area contributed by atoms with E-state index in [4.69, 9.17) is 11.6 Å². The predicted molar refractivity (Wildman–Crippen MR) is 115 cm³/mol. The molecule has 2 N–H and O–H groups in total. The van der Waals surface area contributed by atoms with Gasteiger partial charge in [0.25, 0.3) is 0 Å². The summed E-state index contributed by atoms with van der Waals surface area (Å²) in [5, 5.41) is 14.5. The number of carbonyl (C=O) groups excluding carboxylic acids is 1. The highest BCUT2D eigenvalue weighted by Crippen LogP contribution is 2.35. The number of hydrogen-bond acceptors (Lipinski definition) is 3. The minimum atomic E-state index is -0.731. The van der Waals surface area contributed by atoms with Crippen molar-refractivity contribution in [2.75, 3.05) is 0 Å². The van der Waals surface area contributed by atoms with Crippen LogP contribution < -0.4 is 5.32 Å². The minimum absolute atomic E-state index is 0.0430. The molecule has 0 fully saturated rings. The van der Waals surface area contributed by atoms with E-state index in [0.717, 1.165) is 10.9 Å². The Labute approximate surface area is 178 Å². The summed E-state index contributed by atoms with van der Waals surface area (Å²) in [5.41, 5.74) is 2.28. The minimum Gasteiger partial charge on any atom is -0.505 e. The number of aromatic nitrogens is 1. The molecule has 1 unspecified atom stereocenters. The van der Waals surface area contributed by atoms with Gasteiger partial charge in [-0.2, -0.15) is 0 Å². The van der Waals surface area contributed by atoms with Gasteiger partial charge in [-0.3, -0.25) is 9.78 Å². The molecule has 0 spiro atoms. The second kappa shape index (κ2) is 8.51. The lowest BCUT2D eigenvalue weighted by Crippen LogP contribution is -2.30. The molecule has 0 aliphatic heterocycles. The number of halogens is 2. The van der Waals surface area contributed by atoms with Gasteiger partial charge in [0.2, 0.25) is 5.91 Å². The van der Waals surface area contributed by atoms with Crippen LogP contribution in [0.15, 0.2) is 79.0 Å². The second-order valence-corrected chi connectivity index (χ2v) is 7.32. The number of carbonyl (C=O) groups is 1. The van der Waals surface area contributed by atoms with Gasteiger partial charge in [-0.25, -0.2) is 4.39 Å². The lowest BCUT2D eigenvalue weighted by atomic mass is 9.95. The molecule has 0 bridgehead atoms. The van der Waals surface area contributed by atoms with Crippen molar-refractivity contribution in [2.45, 2.75) is 12.5 Å². The quantitative estimate of drug-likeness (QED) is 0.467. The van der Waals surface area contributed by atoms with E-state index in [1.807, 2.05) is 42.5 Å². The number of phenolic OH excluding ortho intramolecular Hbond substituents is 1. The van der Waals surface area contributed by atoms with E-state index in [0.29, 0.717) is 16.6 Å². The van der Waals surface area contributed by atoms with Gasteiger partial charge in [-0.1, -0.05) is 66.2 Å². The first-order chi connectivity index (χ1) is 14.5. The number of benzene rings is 3. The van der Waals surface area contributed by atoms with Gasteiger partial charge >= 0.3 is 0 Å².